The number of benzene rings is 1. The lowest BCUT2D eigenvalue weighted by atomic mass is 10.2. The molecule has 4 nitrogen and oxygen atoms in total. The summed E-state index contributed by atoms with van der Waals surface area (Å²) in [5.74, 6) is -1.04. The van der Waals surface area contributed by atoms with Crippen LogP contribution in [-0.4, -0.2) is 23.5 Å². The number of anilines is 1. The first-order valence-electron chi connectivity index (χ1n) is 5.70. The van der Waals surface area contributed by atoms with Gasteiger partial charge < -0.3 is 5.11 Å². The average Bonchev–Trinajstić information content (AvgIpc) is 2.99. The van der Waals surface area contributed by atoms with Gasteiger partial charge in [-0.2, -0.15) is 0 Å². The van der Waals surface area contributed by atoms with E-state index in [1.807, 2.05) is 19.1 Å². The standard InChI is InChI=1S/C13H13NO3/c1-7-2-4-8(5-3-7)14-12(16)10-9(6-15)11(10)13(14)17/h2-5,9-11,15H,6H2,1H3. The van der Waals surface area contributed by atoms with Gasteiger partial charge in [-0.15, -0.1) is 0 Å². The summed E-state index contributed by atoms with van der Waals surface area (Å²) in [4.78, 5) is 25.3. The lowest BCUT2D eigenvalue weighted by molar-refractivity contribution is -0.124. The van der Waals surface area contributed by atoms with E-state index < -0.39 is 0 Å². The number of amides is 2. The molecule has 1 aliphatic heterocycles. The molecule has 2 amide bonds. The van der Waals surface area contributed by atoms with Crippen LogP contribution in [0.1, 0.15) is 5.56 Å². The van der Waals surface area contributed by atoms with Gasteiger partial charge in [0.15, 0.2) is 0 Å². The van der Waals surface area contributed by atoms with Crippen LogP contribution in [0.15, 0.2) is 24.3 Å². The first-order chi connectivity index (χ1) is 8.15. The topological polar surface area (TPSA) is 57.6 Å². The molecule has 2 fully saturated rings. The van der Waals surface area contributed by atoms with Crippen molar-refractivity contribution in [3.05, 3.63) is 29.8 Å². The molecule has 0 bridgehead atoms. The van der Waals surface area contributed by atoms with Gasteiger partial charge in [0.1, 0.15) is 0 Å². The number of rotatable bonds is 2. The van der Waals surface area contributed by atoms with E-state index in [2.05, 4.69) is 0 Å². The van der Waals surface area contributed by atoms with E-state index in [-0.39, 0.29) is 36.2 Å². The fourth-order valence-corrected chi connectivity index (χ4v) is 2.63. The molecule has 2 aliphatic rings. The van der Waals surface area contributed by atoms with Crippen molar-refractivity contribution in [3.8, 4) is 0 Å². The first-order valence-corrected chi connectivity index (χ1v) is 5.70. The molecule has 1 aromatic rings. The van der Waals surface area contributed by atoms with E-state index >= 15 is 0 Å². The first kappa shape index (κ1) is 10.5. The highest BCUT2D eigenvalue weighted by Gasteiger charge is 2.67. The highest BCUT2D eigenvalue weighted by molar-refractivity contribution is 6.25. The summed E-state index contributed by atoms with van der Waals surface area (Å²) in [7, 11) is 0. The average molecular weight is 231 g/mol. The highest BCUT2D eigenvalue weighted by Crippen LogP contribution is 2.53. The maximum Gasteiger partial charge on any atom is 0.238 e. The summed E-state index contributed by atoms with van der Waals surface area (Å²) < 4.78 is 0. The second-order valence-corrected chi connectivity index (χ2v) is 4.75. The maximum atomic E-state index is 12.0. The Hall–Kier alpha value is -1.68. The van der Waals surface area contributed by atoms with Gasteiger partial charge in [-0.3, -0.25) is 14.5 Å². The van der Waals surface area contributed by atoms with Crippen LogP contribution in [0.25, 0.3) is 0 Å². The Kier molecular flexibility index (Phi) is 2.10. The van der Waals surface area contributed by atoms with Gasteiger partial charge in [0.25, 0.3) is 0 Å². The van der Waals surface area contributed by atoms with Crippen LogP contribution >= 0.6 is 0 Å². The van der Waals surface area contributed by atoms with Gasteiger partial charge in [0.05, 0.1) is 17.5 Å². The van der Waals surface area contributed by atoms with Crippen LogP contribution in [0.2, 0.25) is 0 Å². The Morgan fingerprint density at radius 3 is 2.12 bits per heavy atom. The zero-order chi connectivity index (χ0) is 12.2. The number of nitrogens with zero attached hydrogens (tertiary/aromatic N) is 1. The van der Waals surface area contributed by atoms with E-state index in [0.29, 0.717) is 5.69 Å². The molecule has 0 aromatic heterocycles. The normalized spacial score (nSPS) is 30.7. The van der Waals surface area contributed by atoms with Gasteiger partial charge in [0.2, 0.25) is 11.8 Å². The number of carbonyl (C=O) groups excluding carboxylic acids is 2. The zero-order valence-corrected chi connectivity index (χ0v) is 9.46. The van der Waals surface area contributed by atoms with E-state index in [1.165, 1.54) is 4.90 Å². The third-order valence-corrected chi connectivity index (χ3v) is 3.68. The van der Waals surface area contributed by atoms with E-state index in [9.17, 15) is 9.59 Å². The second-order valence-electron chi connectivity index (χ2n) is 4.75. The fraction of sp³-hybridized carbons (Fsp3) is 0.385. The molecule has 0 spiro atoms. The minimum atomic E-state index is -0.284. The SMILES string of the molecule is Cc1ccc(N2C(=O)C3C(CO)C3C2=O)cc1. The van der Waals surface area contributed by atoms with Gasteiger partial charge in [-0.05, 0) is 19.1 Å². The third kappa shape index (κ3) is 1.34. The minimum Gasteiger partial charge on any atom is -0.396 e. The summed E-state index contributed by atoms with van der Waals surface area (Å²) in [6.45, 7) is 1.88. The number of aliphatic hydroxyl groups excluding tert-OH is 1. The molecule has 1 heterocycles. The van der Waals surface area contributed by atoms with Crippen LogP contribution in [0.5, 0.6) is 0 Å². The zero-order valence-electron chi connectivity index (χ0n) is 9.46. The van der Waals surface area contributed by atoms with Gasteiger partial charge in [-0.25, -0.2) is 0 Å². The van der Waals surface area contributed by atoms with Crippen LogP contribution in [-0.2, 0) is 9.59 Å². The van der Waals surface area contributed by atoms with Crippen molar-refractivity contribution in [1.29, 1.82) is 0 Å². The van der Waals surface area contributed by atoms with E-state index in [4.69, 9.17) is 5.11 Å². The summed E-state index contributed by atoms with van der Waals surface area (Å²) in [6.07, 6.45) is 0. The van der Waals surface area contributed by atoms with Crippen molar-refractivity contribution >= 4 is 17.5 Å². The number of imide groups is 1. The predicted octanol–water partition coefficient (Wildman–Crippen LogP) is 0.723. The quantitative estimate of drug-likeness (QED) is 0.763. The second kappa shape index (κ2) is 3.40. The summed E-state index contributed by atoms with van der Waals surface area (Å²) in [6, 6.07) is 7.32. The van der Waals surface area contributed by atoms with Crippen molar-refractivity contribution in [3.63, 3.8) is 0 Å². The van der Waals surface area contributed by atoms with Crippen LogP contribution in [0, 0.1) is 24.7 Å². The van der Waals surface area contributed by atoms with Crippen molar-refractivity contribution < 1.29 is 14.7 Å². The molecule has 0 radical (unpaired) electrons. The monoisotopic (exact) mass is 231 g/mol. The molecular formula is C13H13NO3. The molecular weight excluding hydrogens is 218 g/mol. The van der Waals surface area contributed by atoms with Crippen molar-refractivity contribution in [2.45, 2.75) is 6.92 Å². The van der Waals surface area contributed by atoms with Crippen LogP contribution in [0.4, 0.5) is 5.69 Å². The van der Waals surface area contributed by atoms with Gasteiger partial charge in [0, 0.05) is 12.5 Å². The predicted molar refractivity (Wildman–Crippen MR) is 61.2 cm³/mol. The van der Waals surface area contributed by atoms with E-state index in [0.717, 1.165) is 5.56 Å². The molecule has 17 heavy (non-hydrogen) atoms. The number of aliphatic hydroxyl groups is 1. The largest absolute Gasteiger partial charge is 0.396 e. The van der Waals surface area contributed by atoms with Crippen molar-refractivity contribution in [2.24, 2.45) is 17.8 Å². The fourth-order valence-electron chi connectivity index (χ4n) is 2.63. The molecule has 88 valence electrons. The molecule has 1 N–H and O–H groups in total. The lowest BCUT2D eigenvalue weighted by Crippen LogP contribution is -2.35. The van der Waals surface area contributed by atoms with Crippen LogP contribution < -0.4 is 4.90 Å². The summed E-state index contributed by atoms with van der Waals surface area (Å²) in [5, 5.41) is 9.02. The molecule has 4 heteroatoms. The molecule has 1 aliphatic carbocycles. The third-order valence-electron chi connectivity index (χ3n) is 3.68. The maximum absolute atomic E-state index is 12.0. The molecule has 1 saturated carbocycles. The number of aryl methyl sites for hydroxylation is 1. The number of piperidine rings is 1. The number of hydrogen-bond acceptors (Lipinski definition) is 3. The van der Waals surface area contributed by atoms with Gasteiger partial charge >= 0.3 is 0 Å². The summed E-state index contributed by atoms with van der Waals surface area (Å²) >= 11 is 0. The Labute approximate surface area is 98.9 Å². The lowest BCUT2D eigenvalue weighted by Gasteiger charge is -2.17. The molecule has 2 atom stereocenters. The molecule has 2 unspecified atom stereocenters. The minimum absolute atomic E-state index is 0.0749. The Balaban J connectivity index is 1.90. The van der Waals surface area contributed by atoms with Gasteiger partial charge in [-0.1, -0.05) is 17.7 Å². The summed E-state index contributed by atoms with van der Waals surface area (Å²) in [5.41, 5.74) is 1.72. The number of fused-ring (bicyclic) bond motifs is 1. The van der Waals surface area contributed by atoms with E-state index in [1.54, 1.807) is 12.1 Å². The number of hydrogen-bond donors (Lipinski definition) is 1. The highest BCUT2D eigenvalue weighted by atomic mass is 16.3. The molecule has 3 rings (SSSR count). The Morgan fingerprint density at radius 1 is 1.12 bits per heavy atom. The van der Waals surface area contributed by atoms with Crippen LogP contribution in [0.3, 0.4) is 0 Å². The Bertz CT molecular complexity index is 472. The Morgan fingerprint density at radius 2 is 1.65 bits per heavy atom. The molecule has 1 aromatic carbocycles. The smallest absolute Gasteiger partial charge is 0.238 e. The molecule has 1 saturated heterocycles. The van der Waals surface area contributed by atoms with Crippen molar-refractivity contribution in [1.82, 2.24) is 0 Å². The van der Waals surface area contributed by atoms with Crippen molar-refractivity contribution in [2.75, 3.05) is 11.5 Å². The number of carbonyl (C=O) groups is 2.